The first-order valence-corrected chi connectivity index (χ1v) is 4.50. The van der Waals surface area contributed by atoms with Gasteiger partial charge in [0.15, 0.2) is 0 Å². The molecular formula is C12H16. The van der Waals surface area contributed by atoms with Gasteiger partial charge in [-0.25, -0.2) is 0 Å². The third-order valence-electron chi connectivity index (χ3n) is 2.08. The minimum Gasteiger partial charge on any atom is -0.0917 e. The van der Waals surface area contributed by atoms with Crippen LogP contribution in [-0.2, 0) is 6.42 Å². The molecule has 0 saturated heterocycles. The molecular weight excluding hydrogens is 144 g/mol. The number of benzene rings is 1. The van der Waals surface area contributed by atoms with Crippen LogP contribution in [0.2, 0.25) is 0 Å². The Balaban J connectivity index is 2.57. The molecule has 1 rings (SSSR count). The molecule has 0 aliphatic carbocycles. The van der Waals surface area contributed by atoms with E-state index in [1.807, 2.05) is 0 Å². The lowest BCUT2D eigenvalue weighted by Gasteiger charge is -2.01. The van der Waals surface area contributed by atoms with Gasteiger partial charge in [-0.2, -0.15) is 0 Å². The third-order valence-corrected chi connectivity index (χ3v) is 2.08. The molecule has 0 aliphatic heterocycles. The van der Waals surface area contributed by atoms with Crippen molar-refractivity contribution in [1.29, 1.82) is 0 Å². The average molecular weight is 160 g/mol. The van der Waals surface area contributed by atoms with Gasteiger partial charge in [0, 0.05) is 0 Å². The zero-order chi connectivity index (χ0) is 8.81. The molecule has 1 aromatic rings. The van der Waals surface area contributed by atoms with E-state index >= 15 is 0 Å². The van der Waals surface area contributed by atoms with E-state index in [0.717, 1.165) is 12.8 Å². The summed E-state index contributed by atoms with van der Waals surface area (Å²) in [6.45, 7) is 4.24. The maximum absolute atomic E-state index is 2.21. The van der Waals surface area contributed by atoms with Gasteiger partial charge in [-0.05, 0) is 37.8 Å². The van der Waals surface area contributed by atoms with Gasteiger partial charge in [0.2, 0.25) is 0 Å². The first kappa shape index (κ1) is 9.05. The number of hydrogen-bond donors (Lipinski definition) is 0. The summed E-state index contributed by atoms with van der Waals surface area (Å²) in [6.07, 6.45) is 6.64. The zero-order valence-electron chi connectivity index (χ0n) is 7.88. The van der Waals surface area contributed by atoms with E-state index in [9.17, 15) is 0 Å². The summed E-state index contributed by atoms with van der Waals surface area (Å²) in [5.41, 5.74) is 2.87. The van der Waals surface area contributed by atoms with Crippen molar-refractivity contribution in [3.8, 4) is 0 Å². The largest absolute Gasteiger partial charge is 0.0917 e. The van der Waals surface area contributed by atoms with Crippen molar-refractivity contribution in [3.05, 3.63) is 47.5 Å². The van der Waals surface area contributed by atoms with Crippen molar-refractivity contribution in [2.24, 2.45) is 0 Å². The molecule has 0 heterocycles. The van der Waals surface area contributed by atoms with Gasteiger partial charge in [0.1, 0.15) is 0 Å². The first-order valence-electron chi connectivity index (χ1n) is 4.50. The second-order valence-electron chi connectivity index (χ2n) is 3.03. The van der Waals surface area contributed by atoms with Crippen molar-refractivity contribution in [2.45, 2.75) is 26.7 Å². The lowest BCUT2D eigenvalue weighted by atomic mass is 10.0. The minimum absolute atomic E-state index is 1.15. The van der Waals surface area contributed by atoms with E-state index in [0.29, 0.717) is 0 Å². The van der Waals surface area contributed by atoms with Crippen molar-refractivity contribution >= 4 is 0 Å². The molecule has 0 N–H and O–H groups in total. The van der Waals surface area contributed by atoms with Crippen LogP contribution < -0.4 is 0 Å². The van der Waals surface area contributed by atoms with E-state index in [-0.39, 0.29) is 0 Å². The molecule has 0 fully saturated rings. The Hall–Kier alpha value is -1.04. The first-order chi connectivity index (χ1) is 5.84. The molecule has 0 heteroatoms. The van der Waals surface area contributed by atoms with Crippen LogP contribution in [0.1, 0.15) is 24.5 Å². The molecule has 12 heavy (non-hydrogen) atoms. The summed E-state index contributed by atoms with van der Waals surface area (Å²) < 4.78 is 0. The number of hydrogen-bond acceptors (Lipinski definition) is 0. The van der Waals surface area contributed by atoms with Crippen LogP contribution in [0.5, 0.6) is 0 Å². The van der Waals surface area contributed by atoms with E-state index in [2.05, 4.69) is 50.3 Å². The maximum Gasteiger partial charge on any atom is -0.0242 e. The second-order valence-corrected chi connectivity index (χ2v) is 3.03. The average Bonchev–Trinajstić information content (AvgIpc) is 2.09. The highest BCUT2D eigenvalue weighted by Gasteiger charge is 1.93. The fourth-order valence-electron chi connectivity index (χ4n) is 1.30. The van der Waals surface area contributed by atoms with Crippen LogP contribution in [0.3, 0.4) is 0 Å². The van der Waals surface area contributed by atoms with Gasteiger partial charge < -0.3 is 0 Å². The van der Waals surface area contributed by atoms with Crippen molar-refractivity contribution in [2.75, 3.05) is 0 Å². The van der Waals surface area contributed by atoms with Crippen LogP contribution in [0.4, 0.5) is 0 Å². The SMILES string of the molecule is C/C=C/CCc1ccccc1C. The van der Waals surface area contributed by atoms with E-state index in [1.54, 1.807) is 0 Å². The van der Waals surface area contributed by atoms with Crippen molar-refractivity contribution < 1.29 is 0 Å². The van der Waals surface area contributed by atoms with Crippen LogP contribution in [0, 0.1) is 6.92 Å². The monoisotopic (exact) mass is 160 g/mol. The van der Waals surface area contributed by atoms with Crippen LogP contribution in [0.25, 0.3) is 0 Å². The number of allylic oxidation sites excluding steroid dienone is 2. The zero-order valence-corrected chi connectivity index (χ0v) is 7.88. The lowest BCUT2D eigenvalue weighted by Crippen LogP contribution is -1.86. The molecule has 1 aromatic carbocycles. The smallest absolute Gasteiger partial charge is 0.0242 e. The van der Waals surface area contributed by atoms with Gasteiger partial charge >= 0.3 is 0 Å². The number of aryl methyl sites for hydroxylation is 2. The topological polar surface area (TPSA) is 0 Å². The Labute approximate surface area is 74.9 Å². The highest BCUT2D eigenvalue weighted by Crippen LogP contribution is 2.09. The quantitative estimate of drug-likeness (QED) is 0.594. The third kappa shape index (κ3) is 2.54. The van der Waals surface area contributed by atoms with E-state index in [1.165, 1.54) is 11.1 Å². The molecule has 64 valence electrons. The highest BCUT2D eigenvalue weighted by atomic mass is 14.0. The van der Waals surface area contributed by atoms with Gasteiger partial charge in [0.05, 0.1) is 0 Å². The maximum atomic E-state index is 2.21. The second kappa shape index (κ2) is 4.76. The molecule has 0 amide bonds. The predicted octanol–water partition coefficient (Wildman–Crippen LogP) is 3.50. The molecule has 0 saturated carbocycles. The minimum atomic E-state index is 1.15. The van der Waals surface area contributed by atoms with Gasteiger partial charge in [-0.3, -0.25) is 0 Å². The van der Waals surface area contributed by atoms with Gasteiger partial charge in [0.25, 0.3) is 0 Å². The van der Waals surface area contributed by atoms with Gasteiger partial charge in [-0.15, -0.1) is 0 Å². The molecule has 0 aromatic heterocycles. The molecule has 0 aliphatic rings. The van der Waals surface area contributed by atoms with Crippen LogP contribution in [0.15, 0.2) is 36.4 Å². The normalized spacial score (nSPS) is 10.8. The highest BCUT2D eigenvalue weighted by molar-refractivity contribution is 5.25. The Morgan fingerprint density at radius 3 is 2.67 bits per heavy atom. The summed E-state index contributed by atoms with van der Waals surface area (Å²) in [6, 6.07) is 8.58. The van der Waals surface area contributed by atoms with Crippen LogP contribution >= 0.6 is 0 Å². The predicted molar refractivity (Wildman–Crippen MR) is 54.3 cm³/mol. The summed E-state index contributed by atoms with van der Waals surface area (Å²) in [7, 11) is 0. The summed E-state index contributed by atoms with van der Waals surface area (Å²) in [4.78, 5) is 0. The molecule has 0 spiro atoms. The van der Waals surface area contributed by atoms with E-state index in [4.69, 9.17) is 0 Å². The summed E-state index contributed by atoms with van der Waals surface area (Å²) in [5, 5.41) is 0. The Morgan fingerprint density at radius 1 is 1.25 bits per heavy atom. The molecule has 0 nitrogen and oxygen atoms in total. The Morgan fingerprint density at radius 2 is 2.00 bits per heavy atom. The summed E-state index contributed by atoms with van der Waals surface area (Å²) in [5.74, 6) is 0. The van der Waals surface area contributed by atoms with Crippen molar-refractivity contribution in [1.82, 2.24) is 0 Å². The molecule has 0 radical (unpaired) electrons. The Bertz CT molecular complexity index is 258. The van der Waals surface area contributed by atoms with Gasteiger partial charge in [-0.1, -0.05) is 36.4 Å². The van der Waals surface area contributed by atoms with Crippen molar-refractivity contribution in [3.63, 3.8) is 0 Å². The molecule has 0 atom stereocenters. The standard InChI is InChI=1S/C12H16/c1-3-4-5-9-12-10-7-6-8-11(12)2/h3-4,6-8,10H,5,9H2,1-2H3/b4-3+. The van der Waals surface area contributed by atoms with Crippen LogP contribution in [-0.4, -0.2) is 0 Å². The summed E-state index contributed by atoms with van der Waals surface area (Å²) >= 11 is 0. The lowest BCUT2D eigenvalue weighted by molar-refractivity contribution is 0.985. The molecule has 0 bridgehead atoms. The molecule has 0 unspecified atom stereocenters. The fraction of sp³-hybridized carbons (Fsp3) is 0.333. The van der Waals surface area contributed by atoms with E-state index < -0.39 is 0 Å². The fourth-order valence-corrected chi connectivity index (χ4v) is 1.30. The number of rotatable bonds is 3. The Kier molecular flexibility index (Phi) is 3.59.